The van der Waals surface area contributed by atoms with Crippen molar-refractivity contribution in [1.29, 1.82) is 0 Å². The van der Waals surface area contributed by atoms with E-state index in [0.29, 0.717) is 4.47 Å². The van der Waals surface area contributed by atoms with Crippen molar-refractivity contribution in [2.24, 2.45) is 0 Å². The number of sulfonamides is 1. The number of halogens is 2. The highest BCUT2D eigenvalue weighted by atomic mass is 79.9. The number of para-hydroxylation sites is 1. The number of phenolic OH excluding ortho intramolecular Hbond substituents is 1. The molecular weight excluding hydrogens is 339 g/mol. The van der Waals surface area contributed by atoms with Crippen molar-refractivity contribution in [3.63, 3.8) is 0 Å². The van der Waals surface area contributed by atoms with E-state index >= 15 is 0 Å². The van der Waals surface area contributed by atoms with Crippen LogP contribution in [0, 0.1) is 5.82 Å². The maximum absolute atomic E-state index is 13.0. The zero-order valence-corrected chi connectivity index (χ0v) is 11.7. The van der Waals surface area contributed by atoms with E-state index in [0.717, 1.165) is 18.5 Å². The topological polar surface area (TPSA) is 79.3 Å². The van der Waals surface area contributed by atoms with Gasteiger partial charge < -0.3 is 5.11 Å². The zero-order chi connectivity index (χ0) is 14.0. The second-order valence-corrected chi connectivity index (χ2v) is 6.12. The van der Waals surface area contributed by atoms with E-state index in [1.165, 1.54) is 6.07 Å². The summed E-state index contributed by atoms with van der Waals surface area (Å²) >= 11 is 3.06. The summed E-state index contributed by atoms with van der Waals surface area (Å²) in [5, 5.41) is 9.70. The van der Waals surface area contributed by atoms with E-state index in [4.69, 9.17) is 0 Å². The Morgan fingerprint density at radius 1 is 1.32 bits per heavy atom. The van der Waals surface area contributed by atoms with Crippen LogP contribution in [0.25, 0.3) is 0 Å². The van der Waals surface area contributed by atoms with Crippen molar-refractivity contribution in [2.45, 2.75) is 4.90 Å². The Labute approximate surface area is 117 Å². The molecule has 0 aliphatic carbocycles. The summed E-state index contributed by atoms with van der Waals surface area (Å²) in [5.74, 6) is -1.02. The Hall–Kier alpha value is -1.67. The monoisotopic (exact) mass is 346 g/mol. The normalized spacial score (nSPS) is 11.3. The van der Waals surface area contributed by atoms with Crippen LogP contribution in [-0.2, 0) is 10.0 Å². The number of rotatable bonds is 3. The fourth-order valence-electron chi connectivity index (χ4n) is 1.34. The molecule has 1 aromatic heterocycles. The Morgan fingerprint density at radius 2 is 2.05 bits per heavy atom. The average Bonchev–Trinajstić information content (AvgIpc) is 2.35. The van der Waals surface area contributed by atoms with E-state index in [1.807, 2.05) is 0 Å². The summed E-state index contributed by atoms with van der Waals surface area (Å²) < 4.78 is 39.4. The third-order valence-corrected chi connectivity index (χ3v) is 4.19. The highest BCUT2D eigenvalue weighted by Gasteiger charge is 2.17. The molecule has 0 aliphatic rings. The molecule has 0 unspecified atom stereocenters. The second kappa shape index (κ2) is 5.14. The van der Waals surface area contributed by atoms with Gasteiger partial charge >= 0.3 is 0 Å². The van der Waals surface area contributed by atoms with Gasteiger partial charge in [0.25, 0.3) is 10.0 Å². The van der Waals surface area contributed by atoms with Crippen molar-refractivity contribution >= 4 is 31.6 Å². The Bertz CT molecular complexity index is 722. The number of hydrogen-bond acceptors (Lipinski definition) is 4. The highest BCUT2D eigenvalue weighted by molar-refractivity contribution is 9.10. The number of nitrogens with one attached hydrogen (secondary N) is 1. The summed E-state index contributed by atoms with van der Waals surface area (Å²) in [4.78, 5) is 3.14. The molecule has 1 heterocycles. The van der Waals surface area contributed by atoms with Gasteiger partial charge in [0.2, 0.25) is 0 Å². The first-order valence-electron chi connectivity index (χ1n) is 5.01. The molecule has 0 radical (unpaired) electrons. The number of pyridine rings is 1. The molecule has 19 heavy (non-hydrogen) atoms. The average molecular weight is 347 g/mol. The second-order valence-electron chi connectivity index (χ2n) is 3.58. The zero-order valence-electron chi connectivity index (χ0n) is 9.34. The molecule has 0 spiro atoms. The molecule has 2 aromatic rings. The van der Waals surface area contributed by atoms with Gasteiger partial charge in [0, 0.05) is 6.20 Å². The predicted octanol–water partition coefficient (Wildman–Crippen LogP) is 2.49. The van der Waals surface area contributed by atoms with Crippen LogP contribution in [-0.4, -0.2) is 18.5 Å². The minimum atomic E-state index is -4.01. The van der Waals surface area contributed by atoms with Gasteiger partial charge in [0.15, 0.2) is 5.75 Å². The van der Waals surface area contributed by atoms with E-state index in [9.17, 15) is 17.9 Å². The van der Waals surface area contributed by atoms with Gasteiger partial charge in [-0.1, -0.05) is 6.07 Å². The number of aromatic nitrogens is 1. The minimum Gasteiger partial charge on any atom is -0.505 e. The third-order valence-electron chi connectivity index (χ3n) is 2.22. The van der Waals surface area contributed by atoms with Crippen LogP contribution >= 0.6 is 15.9 Å². The van der Waals surface area contributed by atoms with Crippen LogP contribution in [0.15, 0.2) is 46.0 Å². The summed E-state index contributed by atoms with van der Waals surface area (Å²) in [5.41, 5.74) is -0.0152. The number of anilines is 1. The van der Waals surface area contributed by atoms with Crippen molar-refractivity contribution in [3.8, 4) is 5.75 Å². The van der Waals surface area contributed by atoms with Gasteiger partial charge in [-0.05, 0) is 34.1 Å². The molecule has 5 nitrogen and oxygen atoms in total. The van der Waals surface area contributed by atoms with E-state index in [-0.39, 0.29) is 16.3 Å². The number of benzene rings is 1. The summed E-state index contributed by atoms with van der Waals surface area (Å²) in [6.07, 6.45) is 1.91. The van der Waals surface area contributed by atoms with Gasteiger partial charge in [-0.25, -0.2) is 12.8 Å². The third kappa shape index (κ3) is 3.02. The lowest BCUT2D eigenvalue weighted by Crippen LogP contribution is -2.13. The van der Waals surface area contributed by atoms with Gasteiger partial charge in [0.05, 0.1) is 16.4 Å². The van der Waals surface area contributed by atoms with Gasteiger partial charge in [-0.15, -0.1) is 0 Å². The molecule has 8 heteroatoms. The van der Waals surface area contributed by atoms with Crippen LogP contribution in [0.3, 0.4) is 0 Å². The fraction of sp³-hybridized carbons (Fsp3) is 0. The lowest BCUT2D eigenvalue weighted by atomic mass is 10.3. The molecule has 0 fully saturated rings. The highest BCUT2D eigenvalue weighted by Crippen LogP contribution is 2.32. The predicted molar refractivity (Wildman–Crippen MR) is 70.8 cm³/mol. The minimum absolute atomic E-state index is 0.0152. The summed E-state index contributed by atoms with van der Waals surface area (Å²) in [6.45, 7) is 0. The Morgan fingerprint density at radius 3 is 2.74 bits per heavy atom. The van der Waals surface area contributed by atoms with Crippen LogP contribution in [0.2, 0.25) is 0 Å². The maximum Gasteiger partial charge on any atom is 0.263 e. The molecule has 2 N–H and O–H groups in total. The molecule has 0 bridgehead atoms. The molecule has 0 aliphatic heterocycles. The number of aromatic hydroxyl groups is 1. The van der Waals surface area contributed by atoms with Crippen LogP contribution < -0.4 is 4.72 Å². The summed E-state index contributed by atoms with van der Waals surface area (Å²) in [6, 6.07) is 5.32. The van der Waals surface area contributed by atoms with Crippen molar-refractivity contribution in [3.05, 3.63) is 46.9 Å². The van der Waals surface area contributed by atoms with Crippen LogP contribution in [0.5, 0.6) is 5.75 Å². The van der Waals surface area contributed by atoms with Gasteiger partial charge in [0.1, 0.15) is 10.7 Å². The quantitative estimate of drug-likeness (QED) is 0.836. The van der Waals surface area contributed by atoms with Gasteiger partial charge in [-0.2, -0.15) is 0 Å². The first kappa shape index (κ1) is 13.8. The molecule has 1 aromatic carbocycles. The van der Waals surface area contributed by atoms with Gasteiger partial charge in [-0.3, -0.25) is 9.71 Å². The largest absolute Gasteiger partial charge is 0.505 e. The first-order chi connectivity index (χ1) is 8.90. The number of phenols is 1. The van der Waals surface area contributed by atoms with E-state index in [1.54, 1.807) is 12.1 Å². The van der Waals surface area contributed by atoms with Crippen LogP contribution in [0.4, 0.5) is 10.1 Å². The number of nitrogens with zero attached hydrogens (tertiary/aromatic N) is 1. The maximum atomic E-state index is 13.0. The molecule has 2 rings (SSSR count). The first-order valence-corrected chi connectivity index (χ1v) is 7.28. The fourth-order valence-corrected chi connectivity index (χ4v) is 2.75. The molecule has 0 amide bonds. The smallest absolute Gasteiger partial charge is 0.263 e. The van der Waals surface area contributed by atoms with E-state index in [2.05, 4.69) is 25.6 Å². The lowest BCUT2D eigenvalue weighted by molar-refractivity contribution is 0.474. The Kier molecular flexibility index (Phi) is 3.72. The van der Waals surface area contributed by atoms with Crippen LogP contribution in [0.1, 0.15) is 0 Å². The molecule has 100 valence electrons. The SMILES string of the molecule is O=S(=O)(Nc1cccc(Br)c1O)c1cncc(F)c1. The van der Waals surface area contributed by atoms with Crippen molar-refractivity contribution in [1.82, 2.24) is 4.98 Å². The Balaban J connectivity index is 2.39. The van der Waals surface area contributed by atoms with Crippen molar-refractivity contribution in [2.75, 3.05) is 4.72 Å². The standard InChI is InChI=1S/C11H8BrFN2O3S/c12-9-2-1-3-10(11(9)16)15-19(17,18)8-4-7(13)5-14-6-8/h1-6,15-16H. The summed E-state index contributed by atoms with van der Waals surface area (Å²) in [7, 11) is -4.01. The molecular formula is C11H8BrFN2O3S. The molecule has 0 saturated heterocycles. The van der Waals surface area contributed by atoms with E-state index < -0.39 is 15.8 Å². The van der Waals surface area contributed by atoms with Crippen molar-refractivity contribution < 1.29 is 17.9 Å². The number of hydrogen-bond donors (Lipinski definition) is 2. The molecule has 0 atom stereocenters. The molecule has 0 saturated carbocycles. The lowest BCUT2D eigenvalue weighted by Gasteiger charge is -2.10.